The molecule has 0 bridgehead atoms. The Morgan fingerprint density at radius 3 is 2.33 bits per heavy atom. The van der Waals surface area contributed by atoms with Gasteiger partial charge in [-0.1, -0.05) is 56.3 Å². The zero-order valence-corrected chi connectivity index (χ0v) is 25.3. The third-order valence-corrected chi connectivity index (χ3v) is 7.13. The van der Waals surface area contributed by atoms with Crippen molar-refractivity contribution in [3.63, 3.8) is 0 Å². The number of methoxy groups -OCH3 is 2. The minimum atomic E-state index is -1.32. The summed E-state index contributed by atoms with van der Waals surface area (Å²) in [4.78, 5) is 56.1. The largest absolute Gasteiger partial charge is 0.497 e. The zero-order chi connectivity index (χ0) is 31.6. The van der Waals surface area contributed by atoms with Crippen LogP contribution >= 0.6 is 0 Å². The van der Waals surface area contributed by atoms with Crippen LogP contribution < -0.4 is 20.7 Å². The van der Waals surface area contributed by atoms with Crippen molar-refractivity contribution in [2.24, 2.45) is 10.9 Å². The van der Waals surface area contributed by atoms with E-state index in [0.29, 0.717) is 30.6 Å². The molecule has 2 aromatic carbocycles. The van der Waals surface area contributed by atoms with E-state index in [2.05, 4.69) is 20.9 Å². The van der Waals surface area contributed by atoms with Crippen LogP contribution in [-0.2, 0) is 20.7 Å². The summed E-state index contributed by atoms with van der Waals surface area (Å²) in [5.41, 5.74) is 0.791. The second kappa shape index (κ2) is 15.0. The van der Waals surface area contributed by atoms with E-state index in [1.54, 1.807) is 43.5 Å². The summed E-state index contributed by atoms with van der Waals surface area (Å²) in [7, 11) is 2.80. The number of benzene rings is 2. The van der Waals surface area contributed by atoms with Crippen LogP contribution in [0.15, 0.2) is 59.6 Å². The van der Waals surface area contributed by atoms with E-state index < -0.39 is 29.8 Å². The Hall–Kier alpha value is -4.61. The number of rotatable bonds is 13. The number of aliphatic imine (C=N–C) groups is 1. The van der Waals surface area contributed by atoms with Gasteiger partial charge in [-0.25, -0.2) is 14.6 Å². The Morgan fingerprint density at radius 1 is 1.07 bits per heavy atom. The summed E-state index contributed by atoms with van der Waals surface area (Å²) in [6, 6.07) is 14.4. The van der Waals surface area contributed by atoms with E-state index in [1.807, 2.05) is 39.0 Å². The van der Waals surface area contributed by atoms with Crippen molar-refractivity contribution in [1.29, 1.82) is 0 Å². The molecular weight excluding hydrogens is 554 g/mol. The maximum Gasteiger partial charge on any atom is 0.411 e. The van der Waals surface area contributed by atoms with Crippen LogP contribution in [0.3, 0.4) is 0 Å². The van der Waals surface area contributed by atoms with Crippen molar-refractivity contribution in [2.75, 3.05) is 20.8 Å². The molecule has 0 fully saturated rings. The van der Waals surface area contributed by atoms with Gasteiger partial charge < -0.3 is 25.2 Å². The molecule has 12 heteroatoms. The van der Waals surface area contributed by atoms with E-state index >= 15 is 0 Å². The van der Waals surface area contributed by atoms with Gasteiger partial charge in [0.1, 0.15) is 11.8 Å². The first-order chi connectivity index (χ1) is 20.4. The lowest BCUT2D eigenvalue weighted by Gasteiger charge is -2.35. The fourth-order valence-electron chi connectivity index (χ4n) is 5.30. The van der Waals surface area contributed by atoms with Crippen molar-refractivity contribution in [2.45, 2.75) is 64.1 Å². The minimum absolute atomic E-state index is 0.0252. The molecule has 1 aliphatic rings. The molecule has 0 spiro atoms. The van der Waals surface area contributed by atoms with E-state index in [4.69, 9.17) is 9.47 Å². The molecule has 0 radical (unpaired) electrons. The van der Waals surface area contributed by atoms with Crippen molar-refractivity contribution >= 4 is 30.0 Å². The fourth-order valence-corrected chi connectivity index (χ4v) is 5.30. The van der Waals surface area contributed by atoms with Crippen molar-refractivity contribution in [3.05, 3.63) is 65.7 Å². The van der Waals surface area contributed by atoms with Crippen LogP contribution in [0.5, 0.6) is 5.75 Å². The maximum atomic E-state index is 13.6. The van der Waals surface area contributed by atoms with Gasteiger partial charge in [-0.05, 0) is 55.4 Å². The van der Waals surface area contributed by atoms with Gasteiger partial charge in [-0.2, -0.15) is 0 Å². The summed E-state index contributed by atoms with van der Waals surface area (Å²) < 4.78 is 9.97. The van der Waals surface area contributed by atoms with Crippen molar-refractivity contribution in [1.82, 2.24) is 20.9 Å². The van der Waals surface area contributed by atoms with Gasteiger partial charge in [0.2, 0.25) is 11.9 Å². The molecule has 2 aromatic rings. The first-order valence-electron chi connectivity index (χ1n) is 14.2. The number of hydrogen-bond acceptors (Lipinski definition) is 7. The first kappa shape index (κ1) is 32.9. The van der Waals surface area contributed by atoms with Crippen LogP contribution in [0.1, 0.15) is 57.2 Å². The summed E-state index contributed by atoms with van der Waals surface area (Å²) in [5.74, 6) is 0.170. The molecule has 12 nitrogen and oxygen atoms in total. The molecule has 232 valence electrons. The van der Waals surface area contributed by atoms with Gasteiger partial charge >= 0.3 is 12.2 Å². The SMILES string of the molecule is COC(=O)N[C@@H](Cc1ccc(OC)cc1)C(=O)N[C@](C)(CCCN1C(=O)C(c2ccccc2)N=C1NC(=O)O)CC(C)C. The highest BCUT2D eigenvalue weighted by Crippen LogP contribution is 2.28. The topological polar surface area (TPSA) is 159 Å². The van der Waals surface area contributed by atoms with Gasteiger partial charge in [0.15, 0.2) is 6.04 Å². The number of nitrogens with one attached hydrogen (secondary N) is 3. The van der Waals surface area contributed by atoms with Gasteiger partial charge in [-0.3, -0.25) is 19.8 Å². The number of nitrogens with zero attached hydrogens (tertiary/aromatic N) is 2. The third kappa shape index (κ3) is 9.45. The van der Waals surface area contributed by atoms with E-state index in [-0.39, 0.29) is 36.7 Å². The second-order valence-corrected chi connectivity index (χ2v) is 11.2. The quantitative estimate of drug-likeness (QED) is 0.274. The predicted octanol–water partition coefficient (Wildman–Crippen LogP) is 3.87. The highest BCUT2D eigenvalue weighted by molar-refractivity contribution is 6.09. The van der Waals surface area contributed by atoms with Gasteiger partial charge in [0, 0.05) is 18.5 Å². The number of carbonyl (C=O) groups is 4. The lowest BCUT2D eigenvalue weighted by molar-refractivity contribution is -0.128. The van der Waals surface area contributed by atoms with Crippen LogP contribution in [0, 0.1) is 5.92 Å². The number of carbonyl (C=O) groups excluding carboxylic acids is 3. The Balaban J connectivity index is 1.73. The number of amides is 4. The number of guanidine groups is 1. The van der Waals surface area contributed by atoms with Gasteiger partial charge in [0.25, 0.3) is 5.91 Å². The van der Waals surface area contributed by atoms with Crippen LogP contribution in [-0.4, -0.2) is 72.3 Å². The molecule has 1 aliphatic heterocycles. The average Bonchev–Trinajstić information content (AvgIpc) is 3.26. The Kier molecular flexibility index (Phi) is 11.5. The second-order valence-electron chi connectivity index (χ2n) is 11.2. The molecule has 4 amide bonds. The minimum Gasteiger partial charge on any atom is -0.497 e. The summed E-state index contributed by atoms with van der Waals surface area (Å²) >= 11 is 0. The van der Waals surface area contributed by atoms with E-state index in [1.165, 1.54) is 12.0 Å². The number of carboxylic acid groups (broad SMARTS) is 1. The molecule has 0 aliphatic carbocycles. The number of ether oxygens (including phenoxy) is 2. The van der Waals surface area contributed by atoms with E-state index in [9.17, 15) is 24.3 Å². The predicted molar refractivity (Wildman–Crippen MR) is 161 cm³/mol. The summed E-state index contributed by atoms with van der Waals surface area (Å²) in [6.45, 7) is 6.21. The molecular formula is C31H41N5O7. The van der Waals surface area contributed by atoms with Gasteiger partial charge in [0.05, 0.1) is 14.2 Å². The molecule has 3 atom stereocenters. The van der Waals surface area contributed by atoms with Crippen molar-refractivity contribution < 1.29 is 33.8 Å². The van der Waals surface area contributed by atoms with Crippen molar-refractivity contribution in [3.8, 4) is 5.75 Å². The van der Waals surface area contributed by atoms with E-state index in [0.717, 1.165) is 5.56 Å². The maximum absolute atomic E-state index is 13.6. The van der Waals surface area contributed by atoms with Gasteiger partial charge in [-0.15, -0.1) is 0 Å². The summed E-state index contributed by atoms with van der Waals surface area (Å²) in [5, 5.41) is 17.3. The Labute approximate surface area is 251 Å². The molecule has 1 unspecified atom stereocenters. The third-order valence-electron chi connectivity index (χ3n) is 7.13. The van der Waals surface area contributed by atoms with Crippen LogP contribution in [0.4, 0.5) is 9.59 Å². The first-order valence-corrected chi connectivity index (χ1v) is 14.2. The molecule has 0 aromatic heterocycles. The highest BCUT2D eigenvalue weighted by Gasteiger charge is 2.37. The van der Waals surface area contributed by atoms with Crippen LogP contribution in [0.25, 0.3) is 0 Å². The monoisotopic (exact) mass is 595 g/mol. The Morgan fingerprint density at radius 2 is 1.74 bits per heavy atom. The lowest BCUT2D eigenvalue weighted by atomic mass is 9.85. The average molecular weight is 596 g/mol. The molecule has 0 saturated carbocycles. The zero-order valence-electron chi connectivity index (χ0n) is 25.3. The normalized spacial score (nSPS) is 16.6. The fraction of sp³-hybridized carbons (Fsp3) is 0.452. The lowest BCUT2D eigenvalue weighted by Crippen LogP contribution is -2.55. The molecule has 0 saturated heterocycles. The highest BCUT2D eigenvalue weighted by atomic mass is 16.5. The molecule has 4 N–H and O–H groups in total. The molecule has 3 rings (SSSR count). The molecule has 43 heavy (non-hydrogen) atoms. The van der Waals surface area contributed by atoms with Crippen LogP contribution in [0.2, 0.25) is 0 Å². The number of alkyl carbamates (subject to hydrolysis) is 1. The Bertz CT molecular complexity index is 1300. The number of hydrogen-bond donors (Lipinski definition) is 4. The smallest absolute Gasteiger partial charge is 0.411 e. The summed E-state index contributed by atoms with van der Waals surface area (Å²) in [6.07, 6.45) is -0.260. The standard InChI is InChI=1S/C31H41N5O7/c1-20(2)19-31(3,35-26(37)24(32-30(41)43-5)18-21-12-14-23(42-4)15-13-21)16-9-17-36-27(38)25(22-10-7-6-8-11-22)33-28(36)34-29(39)40/h6-8,10-15,20,24-25H,9,16-19H2,1-5H3,(H,32,41)(H,33,34)(H,35,37)(H,39,40)/t24-,25?,31+/m0/s1. The molecule has 1 heterocycles.